The lowest BCUT2D eigenvalue weighted by molar-refractivity contribution is -0.143. The van der Waals surface area contributed by atoms with Gasteiger partial charge in [-0.15, -0.1) is 0 Å². The van der Waals surface area contributed by atoms with E-state index < -0.39 is 12.1 Å². The molecule has 2 unspecified atom stereocenters. The zero-order valence-electron chi connectivity index (χ0n) is 58.3. The topological polar surface area (TPSA) is 95.9 Å². The largest absolute Gasteiger partial charge is 0.466 e. The number of nitrogens with one attached hydrogen (secondary N) is 1. The van der Waals surface area contributed by atoms with Crippen molar-refractivity contribution in [3.63, 3.8) is 0 Å². The summed E-state index contributed by atoms with van der Waals surface area (Å²) < 4.78 is 5.48. The zero-order valence-corrected chi connectivity index (χ0v) is 58.3. The van der Waals surface area contributed by atoms with Gasteiger partial charge >= 0.3 is 5.97 Å². The van der Waals surface area contributed by atoms with Crippen molar-refractivity contribution in [2.45, 2.75) is 450 Å². The van der Waals surface area contributed by atoms with E-state index in [9.17, 15) is 19.8 Å². The predicted octanol–water partition coefficient (Wildman–Crippen LogP) is 25.8. The normalized spacial score (nSPS) is 12.7. The molecule has 0 aliphatic rings. The number of rotatable bonds is 74. The van der Waals surface area contributed by atoms with Gasteiger partial charge < -0.3 is 20.3 Å². The van der Waals surface area contributed by atoms with E-state index in [0.29, 0.717) is 19.4 Å². The van der Waals surface area contributed by atoms with Crippen molar-refractivity contribution in [1.29, 1.82) is 0 Å². The number of amides is 1. The van der Waals surface area contributed by atoms with Gasteiger partial charge in [-0.05, 0) is 64.2 Å². The Balaban J connectivity index is 3.39. The molecule has 1 amide bonds. The highest BCUT2D eigenvalue weighted by atomic mass is 16.5. The summed E-state index contributed by atoms with van der Waals surface area (Å²) in [5.74, 6) is -0.0432. The molecule has 0 aliphatic heterocycles. The van der Waals surface area contributed by atoms with Crippen molar-refractivity contribution in [1.82, 2.24) is 5.32 Å². The number of aliphatic hydroxyl groups excluding tert-OH is 2. The molecule has 0 heterocycles. The fourth-order valence-electron chi connectivity index (χ4n) is 12.4. The molecule has 0 radical (unpaired) electrons. The summed E-state index contributed by atoms with van der Waals surface area (Å²) in [7, 11) is 0. The third-order valence-corrected chi connectivity index (χ3v) is 18.4. The molecule has 0 aromatic heterocycles. The number of carbonyl (C=O) groups excluding carboxylic acids is 2. The second-order valence-electron chi connectivity index (χ2n) is 27.0. The monoisotopic (exact) mass is 1210 g/mol. The first-order valence-corrected chi connectivity index (χ1v) is 39.3. The average Bonchev–Trinajstić information content (AvgIpc) is 3.59. The molecule has 0 spiro atoms. The van der Waals surface area contributed by atoms with Crippen molar-refractivity contribution in [3.05, 3.63) is 36.5 Å². The van der Waals surface area contributed by atoms with E-state index in [4.69, 9.17) is 4.74 Å². The van der Waals surface area contributed by atoms with Gasteiger partial charge in [0, 0.05) is 12.8 Å². The Morgan fingerprint density at radius 2 is 0.581 bits per heavy atom. The van der Waals surface area contributed by atoms with Crippen LogP contribution in [0.3, 0.4) is 0 Å². The first-order valence-electron chi connectivity index (χ1n) is 39.3. The second-order valence-corrected chi connectivity index (χ2v) is 27.0. The maximum Gasteiger partial charge on any atom is 0.305 e. The lowest BCUT2D eigenvalue weighted by Crippen LogP contribution is -2.45. The fourth-order valence-corrected chi connectivity index (χ4v) is 12.4. The van der Waals surface area contributed by atoms with Crippen LogP contribution in [0.1, 0.15) is 438 Å². The molecule has 508 valence electrons. The molecule has 0 fully saturated rings. The Morgan fingerprint density at radius 1 is 0.326 bits per heavy atom. The van der Waals surface area contributed by atoms with Gasteiger partial charge in [0.25, 0.3) is 0 Å². The summed E-state index contributed by atoms with van der Waals surface area (Å²) in [6.45, 7) is 4.95. The van der Waals surface area contributed by atoms with Crippen molar-refractivity contribution in [2.75, 3.05) is 13.2 Å². The molecule has 0 rings (SSSR count). The first-order chi connectivity index (χ1) is 42.5. The van der Waals surface area contributed by atoms with E-state index in [-0.39, 0.29) is 18.5 Å². The molecule has 0 saturated heterocycles. The zero-order chi connectivity index (χ0) is 62.0. The summed E-state index contributed by atoms with van der Waals surface area (Å²) in [5.41, 5.74) is 0. The van der Waals surface area contributed by atoms with Crippen LogP contribution < -0.4 is 5.32 Å². The Morgan fingerprint density at radius 3 is 0.884 bits per heavy atom. The minimum Gasteiger partial charge on any atom is -0.466 e. The Labute approximate surface area is 538 Å². The molecule has 0 aromatic rings. The van der Waals surface area contributed by atoms with Gasteiger partial charge in [-0.1, -0.05) is 397 Å². The summed E-state index contributed by atoms with van der Waals surface area (Å²) in [4.78, 5) is 24.6. The number of allylic oxidation sites excluding steroid dienone is 5. The number of carbonyl (C=O) groups is 2. The summed E-state index contributed by atoms with van der Waals surface area (Å²) >= 11 is 0. The predicted molar refractivity (Wildman–Crippen MR) is 379 cm³/mol. The van der Waals surface area contributed by atoms with Gasteiger partial charge in [0.05, 0.1) is 25.4 Å². The number of aliphatic hydroxyl groups is 2. The molecule has 2 atom stereocenters. The van der Waals surface area contributed by atoms with Gasteiger partial charge in [0.1, 0.15) is 0 Å². The summed E-state index contributed by atoms with van der Waals surface area (Å²) in [6, 6.07) is -0.627. The quantitative estimate of drug-likeness (QED) is 0.0320. The maximum atomic E-state index is 12.5. The van der Waals surface area contributed by atoms with Crippen molar-refractivity contribution < 1.29 is 24.5 Å². The Bertz CT molecular complexity index is 1390. The number of esters is 1. The standard InChI is InChI=1S/C80H153NO5/c1-3-5-7-9-11-13-15-17-18-19-20-21-37-40-43-46-49-52-56-60-64-68-72-78(83)77(76-82)81-79(84)73-69-65-61-57-53-50-47-44-41-38-35-33-31-29-27-25-23-22-24-26-28-30-32-34-36-39-42-45-48-51-55-59-63-67-71-75-86-80(85)74-70-66-62-58-54-16-14-12-10-8-6-4-2/h24,26,30,32,68,72,77-78,82-83H,3-23,25,27-29,31,33-67,69-71,73-76H2,1-2H3,(H,81,84)/b26-24-,32-30-,72-68+. The van der Waals surface area contributed by atoms with Crippen molar-refractivity contribution in [2.24, 2.45) is 0 Å². The van der Waals surface area contributed by atoms with Gasteiger partial charge in [0.15, 0.2) is 0 Å². The molecule has 0 saturated carbocycles. The van der Waals surface area contributed by atoms with Crippen LogP contribution in [0.5, 0.6) is 0 Å². The highest BCUT2D eigenvalue weighted by Crippen LogP contribution is 2.19. The molecule has 6 nitrogen and oxygen atoms in total. The number of unbranched alkanes of at least 4 members (excludes halogenated alkanes) is 59. The fraction of sp³-hybridized carbons (Fsp3) is 0.900. The summed E-state index contributed by atoms with van der Waals surface area (Å²) in [6.07, 6.45) is 98.4. The molecule has 3 N–H and O–H groups in total. The van der Waals surface area contributed by atoms with Gasteiger partial charge in [0.2, 0.25) is 5.91 Å². The van der Waals surface area contributed by atoms with Crippen LogP contribution in [-0.4, -0.2) is 47.4 Å². The minimum atomic E-state index is -0.844. The molecule has 6 heteroatoms. The van der Waals surface area contributed by atoms with Gasteiger partial charge in [-0.25, -0.2) is 0 Å². The van der Waals surface area contributed by atoms with E-state index in [1.54, 1.807) is 6.08 Å². The Hall–Kier alpha value is -1.92. The van der Waals surface area contributed by atoms with E-state index in [2.05, 4.69) is 43.5 Å². The number of ether oxygens (including phenoxy) is 1. The molecular weight excluding hydrogens is 1050 g/mol. The highest BCUT2D eigenvalue weighted by molar-refractivity contribution is 5.76. The lowest BCUT2D eigenvalue weighted by Gasteiger charge is -2.20. The van der Waals surface area contributed by atoms with Crippen molar-refractivity contribution in [3.8, 4) is 0 Å². The smallest absolute Gasteiger partial charge is 0.305 e. The average molecular weight is 1210 g/mol. The van der Waals surface area contributed by atoms with E-state index in [1.165, 1.54) is 366 Å². The first kappa shape index (κ1) is 84.1. The molecule has 0 bridgehead atoms. The van der Waals surface area contributed by atoms with Crippen LogP contribution in [-0.2, 0) is 14.3 Å². The van der Waals surface area contributed by atoms with Crippen molar-refractivity contribution >= 4 is 11.9 Å². The maximum absolute atomic E-state index is 12.5. The lowest BCUT2D eigenvalue weighted by atomic mass is 10.0. The van der Waals surface area contributed by atoms with Crippen LogP contribution in [0, 0.1) is 0 Å². The van der Waals surface area contributed by atoms with Crippen LogP contribution >= 0.6 is 0 Å². The molecule has 0 aromatic carbocycles. The molecule has 0 aliphatic carbocycles. The third-order valence-electron chi connectivity index (χ3n) is 18.4. The number of hydrogen-bond donors (Lipinski definition) is 3. The second kappa shape index (κ2) is 75.5. The van der Waals surface area contributed by atoms with E-state index in [1.807, 2.05) is 6.08 Å². The minimum absolute atomic E-state index is 0.0179. The Kier molecular flexibility index (Phi) is 73.9. The molecular formula is C80H153NO5. The summed E-state index contributed by atoms with van der Waals surface area (Å²) in [5, 5.41) is 23.3. The van der Waals surface area contributed by atoms with E-state index >= 15 is 0 Å². The molecule has 86 heavy (non-hydrogen) atoms. The number of hydrogen-bond acceptors (Lipinski definition) is 5. The van der Waals surface area contributed by atoms with Crippen LogP contribution in [0.15, 0.2) is 36.5 Å². The SMILES string of the molecule is CCCCCCCCCCCCCCCCCCCCCC/C=C/C(O)C(CO)NC(=O)CCCCCCCCCCCCCCCCCCC/C=C\C/C=C\CCCCCCCCCCCCCOC(=O)CCCCCCCCCCCCCC. The third kappa shape index (κ3) is 71.2. The van der Waals surface area contributed by atoms with Crippen LogP contribution in [0.4, 0.5) is 0 Å². The van der Waals surface area contributed by atoms with Gasteiger partial charge in [-0.3, -0.25) is 9.59 Å². The van der Waals surface area contributed by atoms with Crippen LogP contribution in [0.2, 0.25) is 0 Å². The van der Waals surface area contributed by atoms with E-state index in [0.717, 1.165) is 44.9 Å². The van der Waals surface area contributed by atoms with Crippen LogP contribution in [0.25, 0.3) is 0 Å². The highest BCUT2D eigenvalue weighted by Gasteiger charge is 2.18. The van der Waals surface area contributed by atoms with Gasteiger partial charge in [-0.2, -0.15) is 0 Å².